The van der Waals surface area contributed by atoms with E-state index in [9.17, 15) is 18.0 Å². The molecular weight excluding hydrogens is 468 g/mol. The third-order valence-corrected chi connectivity index (χ3v) is 4.23. The molecule has 1 atom stereocenters. The largest absolute Gasteiger partial charge is 0.394 e. The molecule has 1 amide bonds. The van der Waals surface area contributed by atoms with E-state index in [0.29, 0.717) is 0 Å². The molecule has 0 spiro atoms. The van der Waals surface area contributed by atoms with E-state index in [-0.39, 0.29) is 11.3 Å². The molecule has 2 aromatic rings. The number of halogens is 4. The van der Waals surface area contributed by atoms with E-state index in [4.69, 9.17) is 15.1 Å². The van der Waals surface area contributed by atoms with Gasteiger partial charge in [-0.25, -0.2) is 18.7 Å². The summed E-state index contributed by atoms with van der Waals surface area (Å²) in [6.45, 7) is -0.996. The molecule has 1 unspecified atom stereocenters. The predicted octanol–water partition coefficient (Wildman–Crippen LogP) is 2.61. The molecule has 2 aromatic carbocycles. The van der Waals surface area contributed by atoms with Gasteiger partial charge in [0.05, 0.1) is 40.7 Å². The average molecular weight is 482 g/mol. The maximum absolute atomic E-state index is 14.4. The van der Waals surface area contributed by atoms with Gasteiger partial charge in [-0.1, -0.05) is 12.1 Å². The second kappa shape index (κ2) is 9.16. The van der Waals surface area contributed by atoms with Gasteiger partial charge in [0.1, 0.15) is 24.2 Å². The lowest BCUT2D eigenvalue weighted by atomic mass is 10.1. The van der Waals surface area contributed by atoms with Crippen molar-refractivity contribution in [3.05, 3.63) is 59.4 Å². The summed E-state index contributed by atoms with van der Waals surface area (Å²) >= 11 is 1.55. The number of carbonyl (C=O) groups is 1. The van der Waals surface area contributed by atoms with Crippen LogP contribution < -0.4 is 8.59 Å². The molecule has 0 fully saturated rings. The zero-order valence-corrected chi connectivity index (χ0v) is 15.3. The van der Waals surface area contributed by atoms with Gasteiger partial charge in [-0.15, -0.1) is 0 Å². The van der Waals surface area contributed by atoms with Gasteiger partial charge >= 0.3 is 0 Å². The first kappa shape index (κ1) is 20.4. The lowest BCUT2D eigenvalue weighted by Crippen LogP contribution is -2.30. The summed E-state index contributed by atoms with van der Waals surface area (Å²) in [5, 5.41) is 17.8. The molecule has 10 heteroatoms. The number of para-hydroxylation sites is 1. The standard InChI is InChI=1S/C16H14F3IN2O4/c17-11-3-1-2-4-13(11)22(20)15-10(5-6-12(18)14(15)19)16(25)21-26-8-9(24)7-23/h1-6,9,23-24H,7-8H2,(H,21,25). The molecule has 0 aliphatic carbocycles. The van der Waals surface area contributed by atoms with Gasteiger partial charge in [0.2, 0.25) is 0 Å². The summed E-state index contributed by atoms with van der Waals surface area (Å²) < 4.78 is 43.0. The van der Waals surface area contributed by atoms with Gasteiger partial charge in [0.15, 0.2) is 11.6 Å². The van der Waals surface area contributed by atoms with E-state index in [2.05, 4.69) is 0 Å². The van der Waals surface area contributed by atoms with Crippen LogP contribution in [0.2, 0.25) is 0 Å². The Morgan fingerprint density at radius 1 is 1.19 bits per heavy atom. The topological polar surface area (TPSA) is 82.0 Å². The van der Waals surface area contributed by atoms with Gasteiger partial charge in [0, 0.05) is 0 Å². The second-order valence-corrected chi connectivity index (χ2v) is 6.03. The summed E-state index contributed by atoms with van der Waals surface area (Å²) in [5.74, 6) is -4.20. The van der Waals surface area contributed by atoms with Crippen LogP contribution in [-0.4, -0.2) is 35.4 Å². The number of benzene rings is 2. The molecule has 6 nitrogen and oxygen atoms in total. The van der Waals surface area contributed by atoms with Crippen molar-refractivity contribution in [2.45, 2.75) is 6.10 Å². The van der Waals surface area contributed by atoms with Crippen LogP contribution in [0, 0.1) is 17.5 Å². The quantitative estimate of drug-likeness (QED) is 0.321. The Morgan fingerprint density at radius 3 is 2.54 bits per heavy atom. The minimum Gasteiger partial charge on any atom is -0.394 e. The fraction of sp³-hybridized carbons (Fsp3) is 0.188. The number of rotatable bonds is 7. The van der Waals surface area contributed by atoms with Crippen LogP contribution in [0.5, 0.6) is 0 Å². The summed E-state index contributed by atoms with van der Waals surface area (Å²) in [6.07, 6.45) is -1.22. The number of nitrogens with zero attached hydrogens (tertiary/aromatic N) is 1. The molecule has 0 aliphatic heterocycles. The third-order valence-electron chi connectivity index (χ3n) is 3.23. The number of amides is 1. The Morgan fingerprint density at radius 2 is 1.88 bits per heavy atom. The molecule has 0 saturated carbocycles. The average Bonchev–Trinajstić information content (AvgIpc) is 2.63. The zero-order chi connectivity index (χ0) is 19.3. The van der Waals surface area contributed by atoms with Crippen LogP contribution in [0.15, 0.2) is 36.4 Å². The molecule has 0 aliphatic rings. The third kappa shape index (κ3) is 4.63. The monoisotopic (exact) mass is 482 g/mol. The highest BCUT2D eigenvalue weighted by Crippen LogP contribution is 2.36. The summed E-state index contributed by atoms with van der Waals surface area (Å²) in [7, 11) is 0. The predicted molar refractivity (Wildman–Crippen MR) is 95.4 cm³/mol. The van der Waals surface area contributed by atoms with Gasteiger partial charge in [0.25, 0.3) is 5.91 Å². The molecule has 2 rings (SSSR count). The van der Waals surface area contributed by atoms with Crippen molar-refractivity contribution in [3.63, 3.8) is 0 Å². The highest BCUT2D eigenvalue weighted by atomic mass is 127. The number of aliphatic hydroxyl groups is 2. The number of carbonyl (C=O) groups excluding carboxylic acids is 1. The maximum Gasteiger partial charge on any atom is 0.277 e. The van der Waals surface area contributed by atoms with Crippen LogP contribution in [0.25, 0.3) is 0 Å². The van der Waals surface area contributed by atoms with Crippen LogP contribution in [-0.2, 0) is 4.84 Å². The summed E-state index contributed by atoms with van der Waals surface area (Å²) in [5.41, 5.74) is 1.05. The van der Waals surface area contributed by atoms with Crippen LogP contribution in [0.4, 0.5) is 24.5 Å². The number of hydrogen-bond donors (Lipinski definition) is 3. The minimum absolute atomic E-state index is 0.0803. The SMILES string of the molecule is O=C(NOCC(O)CO)c1ccc(F)c(F)c1N(I)c1ccccc1F. The Labute approximate surface area is 160 Å². The van der Waals surface area contributed by atoms with Crippen molar-refractivity contribution < 1.29 is 33.0 Å². The molecule has 0 bridgehead atoms. The molecule has 140 valence electrons. The first-order valence-electron chi connectivity index (χ1n) is 7.26. The van der Waals surface area contributed by atoms with Crippen molar-refractivity contribution in [2.24, 2.45) is 0 Å². The highest BCUT2D eigenvalue weighted by Gasteiger charge is 2.25. The van der Waals surface area contributed by atoms with Crippen molar-refractivity contribution in [3.8, 4) is 0 Å². The van der Waals surface area contributed by atoms with Gasteiger partial charge in [-0.3, -0.25) is 12.7 Å². The number of aliphatic hydroxyl groups excluding tert-OH is 2. The molecule has 0 saturated heterocycles. The lowest BCUT2D eigenvalue weighted by molar-refractivity contribution is -0.0295. The minimum atomic E-state index is -1.34. The van der Waals surface area contributed by atoms with E-state index in [1.165, 1.54) is 18.2 Å². The Bertz CT molecular complexity index is 794. The number of nitrogens with one attached hydrogen (secondary N) is 1. The van der Waals surface area contributed by atoms with Crippen LogP contribution >= 0.6 is 22.9 Å². The normalized spacial score (nSPS) is 11.9. The zero-order valence-electron chi connectivity index (χ0n) is 13.1. The van der Waals surface area contributed by atoms with E-state index in [0.717, 1.165) is 21.3 Å². The molecular formula is C16H14F3IN2O4. The second-order valence-electron chi connectivity index (χ2n) is 5.07. The van der Waals surface area contributed by atoms with Crippen molar-refractivity contribution in [1.82, 2.24) is 5.48 Å². The van der Waals surface area contributed by atoms with Crippen molar-refractivity contribution in [1.29, 1.82) is 0 Å². The van der Waals surface area contributed by atoms with Crippen LogP contribution in [0.1, 0.15) is 10.4 Å². The van der Waals surface area contributed by atoms with E-state index in [1.54, 1.807) is 22.9 Å². The van der Waals surface area contributed by atoms with Gasteiger partial charge in [-0.2, -0.15) is 0 Å². The first-order chi connectivity index (χ1) is 12.4. The smallest absolute Gasteiger partial charge is 0.277 e. The van der Waals surface area contributed by atoms with Crippen LogP contribution in [0.3, 0.4) is 0 Å². The molecule has 0 aromatic heterocycles. The fourth-order valence-corrected chi connectivity index (χ4v) is 2.82. The van der Waals surface area contributed by atoms with Gasteiger partial charge < -0.3 is 10.2 Å². The maximum atomic E-state index is 14.4. The highest BCUT2D eigenvalue weighted by molar-refractivity contribution is 14.1. The lowest BCUT2D eigenvalue weighted by Gasteiger charge is -2.21. The Balaban J connectivity index is 2.35. The Kier molecular flexibility index (Phi) is 7.20. The molecule has 3 N–H and O–H groups in total. The number of hydroxylamine groups is 1. The van der Waals surface area contributed by atoms with E-state index < -0.39 is 48.4 Å². The number of hydrogen-bond acceptors (Lipinski definition) is 5. The molecule has 0 heterocycles. The number of anilines is 2. The molecule has 26 heavy (non-hydrogen) atoms. The van der Waals surface area contributed by atoms with Crippen molar-refractivity contribution >= 4 is 40.1 Å². The van der Waals surface area contributed by atoms with Crippen molar-refractivity contribution in [2.75, 3.05) is 16.3 Å². The summed E-state index contributed by atoms with van der Waals surface area (Å²) in [4.78, 5) is 16.9. The Hall–Kier alpha value is -1.89. The molecule has 0 radical (unpaired) electrons. The van der Waals surface area contributed by atoms with E-state index in [1.807, 2.05) is 5.48 Å². The van der Waals surface area contributed by atoms with E-state index >= 15 is 0 Å². The fourth-order valence-electron chi connectivity index (χ4n) is 1.96. The summed E-state index contributed by atoms with van der Waals surface area (Å²) in [6, 6.07) is 7.17. The first-order valence-corrected chi connectivity index (χ1v) is 8.22. The van der Waals surface area contributed by atoms with Gasteiger partial charge in [-0.05, 0) is 24.3 Å².